The zero-order valence-electron chi connectivity index (χ0n) is 12.7. The van der Waals surface area contributed by atoms with E-state index in [1.807, 2.05) is 17.5 Å². The van der Waals surface area contributed by atoms with Crippen molar-refractivity contribution in [3.05, 3.63) is 48.3 Å². The summed E-state index contributed by atoms with van der Waals surface area (Å²) in [5.74, 6) is 1.03. The lowest BCUT2D eigenvalue weighted by Gasteiger charge is -2.40. The van der Waals surface area contributed by atoms with Gasteiger partial charge in [0.2, 0.25) is 0 Å². The average molecular weight is 312 g/mol. The molecule has 3 aromatic rings. The maximum atomic E-state index is 13.6. The van der Waals surface area contributed by atoms with Crippen molar-refractivity contribution in [3.63, 3.8) is 0 Å². The topological polar surface area (TPSA) is 76.4 Å². The van der Waals surface area contributed by atoms with Crippen LogP contribution in [0.4, 0.5) is 10.2 Å². The first-order chi connectivity index (χ1) is 10.9. The Bertz CT molecular complexity index is 895. The average Bonchev–Trinajstić information content (AvgIpc) is 2.85. The maximum absolute atomic E-state index is 13.6. The number of nitrogens with two attached hydrogens (primary N) is 1. The quantitative estimate of drug-likeness (QED) is 0.763. The number of aromatic nitrogens is 3. The van der Waals surface area contributed by atoms with Crippen LogP contribution in [0.3, 0.4) is 0 Å². The molecule has 1 aromatic carbocycles. The lowest BCUT2D eigenvalue weighted by molar-refractivity contribution is -0.0335. The number of hydrogen-bond acceptors (Lipinski definition) is 4. The number of anilines is 1. The summed E-state index contributed by atoms with van der Waals surface area (Å²) in [6, 6.07) is 6.29. The van der Waals surface area contributed by atoms with Gasteiger partial charge in [-0.25, -0.2) is 14.4 Å². The van der Waals surface area contributed by atoms with E-state index in [0.29, 0.717) is 35.4 Å². The van der Waals surface area contributed by atoms with Gasteiger partial charge in [0.1, 0.15) is 28.7 Å². The fourth-order valence-electron chi connectivity index (χ4n) is 3.40. The highest BCUT2D eigenvalue weighted by atomic mass is 19.1. The van der Waals surface area contributed by atoms with Crippen LogP contribution < -0.4 is 5.73 Å². The molecule has 118 valence electrons. The summed E-state index contributed by atoms with van der Waals surface area (Å²) in [6.07, 6.45) is 4.73. The Morgan fingerprint density at radius 2 is 2.17 bits per heavy atom. The minimum atomic E-state index is -0.645. The summed E-state index contributed by atoms with van der Waals surface area (Å²) in [5.41, 5.74) is 7.37. The predicted molar refractivity (Wildman–Crippen MR) is 85.4 cm³/mol. The van der Waals surface area contributed by atoms with Gasteiger partial charge in [-0.05, 0) is 31.9 Å². The first-order valence-electron chi connectivity index (χ1n) is 7.55. The van der Waals surface area contributed by atoms with E-state index in [9.17, 15) is 9.50 Å². The molecule has 0 bridgehead atoms. The summed E-state index contributed by atoms with van der Waals surface area (Å²) in [5, 5.41) is 10.0. The van der Waals surface area contributed by atoms with Crippen LogP contribution in [0.1, 0.15) is 31.5 Å². The van der Waals surface area contributed by atoms with Crippen molar-refractivity contribution in [2.45, 2.75) is 31.3 Å². The molecule has 0 unspecified atom stereocenters. The van der Waals surface area contributed by atoms with Gasteiger partial charge in [0.15, 0.2) is 0 Å². The molecular formula is C17H17FN4O. The molecule has 1 fully saturated rings. The molecule has 5 nitrogen and oxygen atoms in total. The SMILES string of the molecule is CC1(O)CC(c2nc(-c3cccc(F)c3)c3c(N)nccn23)C1. The molecule has 0 aliphatic heterocycles. The Balaban J connectivity index is 1.91. The molecule has 0 atom stereocenters. The van der Waals surface area contributed by atoms with Gasteiger partial charge in [0.25, 0.3) is 0 Å². The molecule has 6 heteroatoms. The summed E-state index contributed by atoms with van der Waals surface area (Å²) < 4.78 is 15.5. The minimum absolute atomic E-state index is 0.154. The largest absolute Gasteiger partial charge is 0.390 e. The van der Waals surface area contributed by atoms with Gasteiger partial charge >= 0.3 is 0 Å². The van der Waals surface area contributed by atoms with E-state index in [4.69, 9.17) is 10.7 Å². The molecule has 3 N–H and O–H groups in total. The molecule has 0 saturated heterocycles. The summed E-state index contributed by atoms with van der Waals surface area (Å²) in [4.78, 5) is 8.85. The van der Waals surface area contributed by atoms with Crippen molar-refractivity contribution in [1.82, 2.24) is 14.4 Å². The Labute approximate surface area is 132 Å². The molecule has 1 aliphatic rings. The van der Waals surface area contributed by atoms with Crippen molar-refractivity contribution in [3.8, 4) is 11.3 Å². The summed E-state index contributed by atoms with van der Waals surface area (Å²) >= 11 is 0. The van der Waals surface area contributed by atoms with Crippen molar-refractivity contribution >= 4 is 11.3 Å². The summed E-state index contributed by atoms with van der Waals surface area (Å²) in [6.45, 7) is 1.82. The Kier molecular flexibility index (Phi) is 2.93. The van der Waals surface area contributed by atoms with Crippen molar-refractivity contribution in [2.24, 2.45) is 0 Å². The van der Waals surface area contributed by atoms with Crippen molar-refractivity contribution in [2.75, 3.05) is 5.73 Å². The normalized spacial score (nSPS) is 23.9. The van der Waals surface area contributed by atoms with Gasteiger partial charge in [-0.3, -0.25) is 4.40 Å². The monoisotopic (exact) mass is 312 g/mol. The Hall–Kier alpha value is -2.47. The molecule has 1 saturated carbocycles. The zero-order chi connectivity index (χ0) is 16.2. The van der Waals surface area contributed by atoms with Crippen LogP contribution in [-0.4, -0.2) is 25.1 Å². The Morgan fingerprint density at radius 3 is 2.87 bits per heavy atom. The fraction of sp³-hybridized carbons (Fsp3) is 0.294. The molecule has 4 rings (SSSR count). The lowest BCUT2D eigenvalue weighted by atomic mass is 9.72. The van der Waals surface area contributed by atoms with E-state index in [1.165, 1.54) is 12.1 Å². The summed E-state index contributed by atoms with van der Waals surface area (Å²) in [7, 11) is 0. The second-order valence-electron chi connectivity index (χ2n) is 6.46. The third kappa shape index (κ3) is 2.26. The van der Waals surface area contributed by atoms with Crippen LogP contribution >= 0.6 is 0 Å². The first kappa shape index (κ1) is 14.1. The maximum Gasteiger partial charge on any atom is 0.150 e. The second-order valence-corrected chi connectivity index (χ2v) is 6.46. The zero-order valence-corrected chi connectivity index (χ0v) is 12.7. The first-order valence-corrected chi connectivity index (χ1v) is 7.55. The van der Waals surface area contributed by atoms with Gasteiger partial charge < -0.3 is 10.8 Å². The minimum Gasteiger partial charge on any atom is -0.390 e. The number of fused-ring (bicyclic) bond motifs is 1. The van der Waals surface area contributed by atoms with Crippen LogP contribution in [0.25, 0.3) is 16.8 Å². The van der Waals surface area contributed by atoms with Crippen LogP contribution in [0.5, 0.6) is 0 Å². The van der Waals surface area contributed by atoms with E-state index >= 15 is 0 Å². The standard InChI is InChI=1S/C17H17FN4O/c1-17(23)8-11(9-17)16-21-13(10-3-2-4-12(18)7-10)14-15(19)20-5-6-22(14)16/h2-7,11,23H,8-9H2,1H3,(H2,19,20). The molecular weight excluding hydrogens is 295 g/mol. The number of nitrogen functional groups attached to an aromatic ring is 1. The molecule has 2 heterocycles. The van der Waals surface area contributed by atoms with Gasteiger partial charge in [-0.15, -0.1) is 0 Å². The van der Waals surface area contributed by atoms with Crippen molar-refractivity contribution < 1.29 is 9.50 Å². The van der Waals surface area contributed by atoms with Crippen molar-refractivity contribution in [1.29, 1.82) is 0 Å². The van der Waals surface area contributed by atoms with E-state index in [2.05, 4.69) is 4.98 Å². The predicted octanol–water partition coefficient (Wildman–Crippen LogP) is 2.75. The molecule has 0 radical (unpaired) electrons. The molecule has 23 heavy (non-hydrogen) atoms. The number of aliphatic hydroxyl groups is 1. The number of hydrogen-bond donors (Lipinski definition) is 2. The van der Waals surface area contributed by atoms with Gasteiger partial charge in [0.05, 0.1) is 5.60 Å². The van der Waals surface area contributed by atoms with E-state index in [1.54, 1.807) is 18.3 Å². The number of halogens is 1. The van der Waals surface area contributed by atoms with Gasteiger partial charge in [-0.2, -0.15) is 0 Å². The highest BCUT2D eigenvalue weighted by molar-refractivity contribution is 5.85. The second kappa shape index (κ2) is 4.76. The number of nitrogens with zero attached hydrogens (tertiary/aromatic N) is 3. The fourth-order valence-corrected chi connectivity index (χ4v) is 3.40. The lowest BCUT2D eigenvalue weighted by Crippen LogP contribution is -2.40. The van der Waals surface area contributed by atoms with Gasteiger partial charge in [0, 0.05) is 23.9 Å². The number of rotatable bonds is 2. The molecule has 2 aromatic heterocycles. The third-order valence-corrected chi connectivity index (χ3v) is 4.45. The highest BCUT2D eigenvalue weighted by Gasteiger charge is 2.41. The smallest absolute Gasteiger partial charge is 0.150 e. The Morgan fingerprint density at radius 1 is 1.39 bits per heavy atom. The van der Waals surface area contributed by atoms with Crippen LogP contribution in [0, 0.1) is 5.82 Å². The van der Waals surface area contributed by atoms with Crippen LogP contribution in [0.15, 0.2) is 36.7 Å². The third-order valence-electron chi connectivity index (χ3n) is 4.45. The van der Waals surface area contributed by atoms with Gasteiger partial charge in [-0.1, -0.05) is 12.1 Å². The molecule has 1 aliphatic carbocycles. The van der Waals surface area contributed by atoms with E-state index in [-0.39, 0.29) is 11.7 Å². The molecule has 0 amide bonds. The van der Waals surface area contributed by atoms with E-state index < -0.39 is 5.60 Å². The number of imidazole rings is 1. The molecule has 0 spiro atoms. The highest BCUT2D eigenvalue weighted by Crippen LogP contribution is 2.45. The van der Waals surface area contributed by atoms with Crippen LogP contribution in [0.2, 0.25) is 0 Å². The van der Waals surface area contributed by atoms with E-state index in [0.717, 1.165) is 5.82 Å². The number of benzene rings is 1. The van der Waals surface area contributed by atoms with Crippen LogP contribution in [-0.2, 0) is 0 Å².